The molecule has 0 fully saturated rings. The average molecular weight is 826 g/mol. The summed E-state index contributed by atoms with van der Waals surface area (Å²) in [6.07, 6.45) is -1.56. The molecule has 15 nitrogen and oxygen atoms in total. The van der Waals surface area contributed by atoms with E-state index >= 15 is 0 Å². The van der Waals surface area contributed by atoms with Gasteiger partial charge in [-0.05, 0) is 105 Å². The minimum Gasteiger partial charge on any atom is -0.481 e. The van der Waals surface area contributed by atoms with Gasteiger partial charge in [0.25, 0.3) is 0 Å². The van der Waals surface area contributed by atoms with Crippen LogP contribution < -0.4 is 5.32 Å². The quantitative estimate of drug-likeness (QED) is 0.146. The number of nitrogens with zero attached hydrogens (tertiary/aromatic N) is 2. The number of benzene rings is 2. The zero-order valence-electron chi connectivity index (χ0n) is 36.6. The molecule has 0 heterocycles. The summed E-state index contributed by atoms with van der Waals surface area (Å²) in [6, 6.07) is 13.0. The van der Waals surface area contributed by atoms with Crippen LogP contribution in [0.4, 0.5) is 4.79 Å². The van der Waals surface area contributed by atoms with E-state index in [1.807, 2.05) is 48.5 Å². The molecule has 0 bridgehead atoms. The lowest BCUT2D eigenvalue weighted by atomic mass is 9.98. The second-order valence-electron chi connectivity index (χ2n) is 18.5. The molecule has 0 unspecified atom stereocenters. The van der Waals surface area contributed by atoms with Crippen LogP contribution in [-0.2, 0) is 47.7 Å². The van der Waals surface area contributed by atoms with Crippen molar-refractivity contribution in [3.63, 3.8) is 0 Å². The van der Waals surface area contributed by atoms with Crippen LogP contribution in [0.1, 0.15) is 107 Å². The highest BCUT2D eigenvalue weighted by Crippen LogP contribution is 2.44. The summed E-state index contributed by atoms with van der Waals surface area (Å²) in [5, 5.41) is 12.5. The van der Waals surface area contributed by atoms with Gasteiger partial charge in [-0.15, -0.1) is 0 Å². The molecule has 0 radical (unpaired) electrons. The molecule has 59 heavy (non-hydrogen) atoms. The third-order valence-electron chi connectivity index (χ3n) is 8.57. The predicted octanol–water partition coefficient (Wildman–Crippen LogP) is 5.71. The predicted molar refractivity (Wildman–Crippen MR) is 219 cm³/mol. The van der Waals surface area contributed by atoms with Crippen molar-refractivity contribution in [2.75, 3.05) is 39.3 Å². The summed E-state index contributed by atoms with van der Waals surface area (Å²) >= 11 is 0. The van der Waals surface area contributed by atoms with Crippen molar-refractivity contribution in [2.24, 2.45) is 0 Å². The number of carbonyl (C=O) groups is 6. The standard InChI is InChI=1S/C44H63N3O12/c1-41(2,3)56-36(50)25-46(33(23-35(48)49)38(52)58-43(7,8)9)21-22-47(26-37(51)57-42(4,5)6)34(39(53)59-44(10,11)12)24-45-40(54)55-27-32-30-19-15-13-17-28(30)29-18-14-16-20-31(29)32/h13-20,32-34H,21-27H2,1-12H3,(H,45,54)(H,48,49)/t33-,34-/m0/s1. The molecule has 2 aromatic rings. The van der Waals surface area contributed by atoms with Crippen LogP contribution in [-0.4, -0.2) is 125 Å². The molecule has 2 aromatic carbocycles. The molecular weight excluding hydrogens is 762 g/mol. The molecule has 2 atom stereocenters. The number of fused-ring (bicyclic) bond motifs is 3. The minimum atomic E-state index is -1.47. The van der Waals surface area contributed by atoms with Crippen molar-refractivity contribution in [2.45, 2.75) is 130 Å². The number of carboxylic acids is 1. The van der Waals surface area contributed by atoms with Crippen LogP contribution in [0.25, 0.3) is 11.1 Å². The van der Waals surface area contributed by atoms with Crippen molar-refractivity contribution in [1.29, 1.82) is 0 Å². The number of rotatable bonds is 17. The summed E-state index contributed by atoms with van der Waals surface area (Å²) in [4.78, 5) is 82.4. The molecule has 15 heteroatoms. The fraction of sp³-hybridized carbons (Fsp3) is 0.591. The van der Waals surface area contributed by atoms with Gasteiger partial charge in [0, 0.05) is 25.6 Å². The van der Waals surface area contributed by atoms with Crippen molar-refractivity contribution in [3.8, 4) is 11.1 Å². The third-order valence-corrected chi connectivity index (χ3v) is 8.57. The number of carbonyl (C=O) groups excluding carboxylic acids is 5. The number of amides is 1. The number of ether oxygens (including phenoxy) is 5. The zero-order chi connectivity index (χ0) is 44.5. The number of aliphatic carboxylic acids is 1. The Morgan fingerprint density at radius 2 is 1.00 bits per heavy atom. The van der Waals surface area contributed by atoms with Crippen molar-refractivity contribution < 1.29 is 57.6 Å². The van der Waals surface area contributed by atoms with Gasteiger partial charge >= 0.3 is 35.9 Å². The summed E-state index contributed by atoms with van der Waals surface area (Å²) in [7, 11) is 0. The van der Waals surface area contributed by atoms with E-state index in [4.69, 9.17) is 23.7 Å². The Hall–Kier alpha value is -5.02. The highest BCUT2D eigenvalue weighted by molar-refractivity contribution is 5.84. The summed E-state index contributed by atoms with van der Waals surface area (Å²) in [5.41, 5.74) is 0.335. The van der Waals surface area contributed by atoms with Gasteiger partial charge < -0.3 is 34.1 Å². The maximum atomic E-state index is 14.0. The van der Waals surface area contributed by atoms with E-state index in [1.54, 1.807) is 83.1 Å². The maximum absolute atomic E-state index is 14.0. The summed E-state index contributed by atoms with van der Waals surface area (Å²) in [5.74, 6) is -4.73. The largest absolute Gasteiger partial charge is 0.481 e. The van der Waals surface area contributed by atoms with Crippen molar-refractivity contribution in [3.05, 3.63) is 59.7 Å². The first kappa shape index (κ1) is 48.3. The van der Waals surface area contributed by atoms with Gasteiger partial charge in [0.2, 0.25) is 0 Å². The van der Waals surface area contributed by atoms with Gasteiger partial charge in [0.05, 0.1) is 19.5 Å². The molecule has 3 rings (SSSR count). The van der Waals surface area contributed by atoms with E-state index < -0.39 is 89.9 Å². The first-order valence-corrected chi connectivity index (χ1v) is 19.8. The fourth-order valence-electron chi connectivity index (χ4n) is 6.48. The molecule has 0 aromatic heterocycles. The Labute approximate surface area is 348 Å². The van der Waals surface area contributed by atoms with E-state index in [1.165, 1.54) is 9.80 Å². The zero-order valence-corrected chi connectivity index (χ0v) is 36.6. The average Bonchev–Trinajstić information content (AvgIpc) is 3.38. The molecule has 0 saturated carbocycles. The Balaban J connectivity index is 1.97. The van der Waals surface area contributed by atoms with E-state index in [0.717, 1.165) is 22.3 Å². The molecule has 1 amide bonds. The maximum Gasteiger partial charge on any atom is 0.407 e. The van der Waals surface area contributed by atoms with Crippen LogP contribution in [0.2, 0.25) is 0 Å². The van der Waals surface area contributed by atoms with Crippen LogP contribution in [0.3, 0.4) is 0 Å². The highest BCUT2D eigenvalue weighted by Gasteiger charge is 2.38. The molecule has 0 spiro atoms. The summed E-state index contributed by atoms with van der Waals surface area (Å²) in [6.45, 7) is 18.0. The molecule has 1 aliphatic carbocycles. The van der Waals surface area contributed by atoms with Crippen LogP contribution in [0.5, 0.6) is 0 Å². The van der Waals surface area contributed by atoms with Crippen LogP contribution in [0.15, 0.2) is 48.5 Å². The molecule has 326 valence electrons. The highest BCUT2D eigenvalue weighted by atomic mass is 16.6. The first-order chi connectivity index (χ1) is 27.1. The normalized spacial score (nSPS) is 14.1. The number of hydrogen-bond acceptors (Lipinski definition) is 13. The topological polar surface area (TPSA) is 187 Å². The number of esters is 4. The van der Waals surface area contributed by atoms with Crippen LogP contribution >= 0.6 is 0 Å². The van der Waals surface area contributed by atoms with Gasteiger partial charge in [0.15, 0.2) is 0 Å². The number of nitrogens with one attached hydrogen (secondary N) is 1. The first-order valence-electron chi connectivity index (χ1n) is 19.8. The van der Waals surface area contributed by atoms with Crippen molar-refractivity contribution >= 4 is 35.9 Å². The molecule has 0 saturated heterocycles. The number of hydrogen-bond donors (Lipinski definition) is 2. The Morgan fingerprint density at radius 3 is 1.41 bits per heavy atom. The van der Waals surface area contributed by atoms with Crippen LogP contribution in [0, 0.1) is 0 Å². The third kappa shape index (κ3) is 16.3. The number of carboxylic acid groups (broad SMARTS) is 1. The Morgan fingerprint density at radius 1 is 0.610 bits per heavy atom. The van der Waals surface area contributed by atoms with Gasteiger partial charge in [-0.1, -0.05) is 48.5 Å². The number of alkyl carbamates (subject to hydrolysis) is 1. The lowest BCUT2D eigenvalue weighted by molar-refractivity contribution is -0.170. The summed E-state index contributed by atoms with van der Waals surface area (Å²) < 4.78 is 28.2. The molecule has 1 aliphatic rings. The van der Waals surface area contributed by atoms with E-state index in [0.29, 0.717) is 0 Å². The van der Waals surface area contributed by atoms with Crippen molar-refractivity contribution in [1.82, 2.24) is 15.1 Å². The second-order valence-corrected chi connectivity index (χ2v) is 18.5. The second kappa shape index (κ2) is 19.8. The molecule has 2 N–H and O–H groups in total. The smallest absolute Gasteiger partial charge is 0.407 e. The fourth-order valence-corrected chi connectivity index (χ4v) is 6.48. The van der Waals surface area contributed by atoms with Gasteiger partial charge in [-0.2, -0.15) is 0 Å². The van der Waals surface area contributed by atoms with E-state index in [2.05, 4.69) is 5.32 Å². The van der Waals surface area contributed by atoms with E-state index in [-0.39, 0.29) is 32.2 Å². The van der Waals surface area contributed by atoms with Gasteiger partial charge in [-0.25, -0.2) is 4.79 Å². The van der Waals surface area contributed by atoms with Gasteiger partial charge in [0.1, 0.15) is 41.1 Å². The lowest BCUT2D eigenvalue weighted by Gasteiger charge is -2.36. The molecule has 0 aliphatic heterocycles. The van der Waals surface area contributed by atoms with E-state index in [9.17, 15) is 33.9 Å². The SMILES string of the molecule is CC(C)(C)OC(=O)CN(CCN(CC(=O)OC(C)(C)C)[C@@H](CC(=O)O)C(=O)OC(C)(C)C)[C@@H](CNC(=O)OCC1c2ccccc2-c2ccccc21)C(=O)OC(C)(C)C. The Kier molecular flexibility index (Phi) is 16.2. The monoisotopic (exact) mass is 825 g/mol. The van der Waals surface area contributed by atoms with Gasteiger partial charge in [-0.3, -0.25) is 33.8 Å². The molecular formula is C44H63N3O12. The minimum absolute atomic E-state index is 0.00778. The lowest BCUT2D eigenvalue weighted by Crippen LogP contribution is -2.56. The Bertz CT molecular complexity index is 1770.